The predicted molar refractivity (Wildman–Crippen MR) is 90.1 cm³/mol. The molecule has 3 aromatic heterocycles. The Hall–Kier alpha value is -2.55. The van der Waals surface area contributed by atoms with E-state index in [0.29, 0.717) is 24.3 Å². The van der Waals surface area contributed by atoms with E-state index in [4.69, 9.17) is 5.73 Å². The first-order chi connectivity index (χ1) is 11.4. The molecule has 0 saturated heterocycles. The Balaban J connectivity index is 1.82. The molecular formula is C15H18N6O2S. The van der Waals surface area contributed by atoms with E-state index in [2.05, 4.69) is 19.9 Å². The molecule has 0 aliphatic rings. The number of hydrogen-bond donors (Lipinski definition) is 1. The minimum Gasteiger partial charge on any atom is -0.382 e. The lowest BCUT2D eigenvalue weighted by atomic mass is 10.2. The number of imidazole rings is 1. The molecule has 0 radical (unpaired) electrons. The van der Waals surface area contributed by atoms with Gasteiger partial charge in [0.2, 0.25) is 15.0 Å². The van der Waals surface area contributed by atoms with Crippen molar-refractivity contribution < 1.29 is 8.42 Å². The van der Waals surface area contributed by atoms with E-state index in [1.807, 2.05) is 18.4 Å². The predicted octanol–water partition coefficient (Wildman–Crippen LogP) is 1.28. The third-order valence-corrected chi connectivity index (χ3v) is 5.38. The molecule has 0 amide bonds. The average Bonchev–Trinajstić information content (AvgIpc) is 2.90. The standard InChI is InChI=1S/C15H18N6O2S/c1-10-9-19-14(16)12-13(10)21(11(2)20-12)7-4-8-24(22,23)15-17-5-3-6-18-15/h3,5-6,9H,4,7-8H2,1-2H3,(H2,16,19). The van der Waals surface area contributed by atoms with Crippen LogP contribution in [-0.4, -0.2) is 38.7 Å². The van der Waals surface area contributed by atoms with Crippen LogP contribution in [0.4, 0.5) is 5.82 Å². The molecule has 0 aliphatic carbocycles. The highest BCUT2D eigenvalue weighted by Crippen LogP contribution is 2.23. The highest BCUT2D eigenvalue weighted by molar-refractivity contribution is 7.91. The van der Waals surface area contributed by atoms with E-state index in [0.717, 1.165) is 16.9 Å². The van der Waals surface area contributed by atoms with E-state index in [1.165, 1.54) is 12.4 Å². The van der Waals surface area contributed by atoms with Gasteiger partial charge in [-0.25, -0.2) is 28.4 Å². The first-order valence-corrected chi connectivity index (χ1v) is 9.13. The molecule has 0 aliphatic heterocycles. The van der Waals surface area contributed by atoms with Gasteiger partial charge in [-0.3, -0.25) is 0 Å². The topological polar surface area (TPSA) is 117 Å². The largest absolute Gasteiger partial charge is 0.382 e. The molecule has 2 N–H and O–H groups in total. The zero-order valence-electron chi connectivity index (χ0n) is 13.5. The van der Waals surface area contributed by atoms with Crippen molar-refractivity contribution in [1.29, 1.82) is 0 Å². The highest BCUT2D eigenvalue weighted by Gasteiger charge is 2.18. The molecule has 3 rings (SSSR count). The van der Waals surface area contributed by atoms with Crippen LogP contribution >= 0.6 is 0 Å². The van der Waals surface area contributed by atoms with Crippen LogP contribution in [0.1, 0.15) is 17.8 Å². The van der Waals surface area contributed by atoms with Crippen LogP contribution in [0.2, 0.25) is 0 Å². The number of rotatable bonds is 5. The van der Waals surface area contributed by atoms with E-state index < -0.39 is 9.84 Å². The summed E-state index contributed by atoms with van der Waals surface area (Å²) in [5.41, 5.74) is 8.39. The minimum atomic E-state index is -3.49. The second kappa shape index (κ2) is 6.16. The summed E-state index contributed by atoms with van der Waals surface area (Å²) in [5, 5.41) is -0.137. The first-order valence-electron chi connectivity index (χ1n) is 7.48. The number of fused-ring (bicyclic) bond motifs is 1. The fourth-order valence-electron chi connectivity index (χ4n) is 2.66. The molecule has 8 nitrogen and oxygen atoms in total. The molecule has 0 aromatic carbocycles. The number of aromatic nitrogens is 5. The molecule has 0 saturated carbocycles. The van der Waals surface area contributed by atoms with E-state index in [1.54, 1.807) is 12.3 Å². The van der Waals surface area contributed by atoms with Crippen LogP contribution in [0.25, 0.3) is 11.0 Å². The number of nitrogen functional groups attached to an aromatic ring is 1. The van der Waals surface area contributed by atoms with Gasteiger partial charge in [0, 0.05) is 25.1 Å². The summed E-state index contributed by atoms with van der Waals surface area (Å²) < 4.78 is 26.5. The summed E-state index contributed by atoms with van der Waals surface area (Å²) in [6.07, 6.45) is 4.97. The van der Waals surface area contributed by atoms with Crippen molar-refractivity contribution in [3.63, 3.8) is 0 Å². The Bertz CT molecular complexity index is 982. The smallest absolute Gasteiger partial charge is 0.246 e. The van der Waals surface area contributed by atoms with Gasteiger partial charge in [-0.1, -0.05) is 0 Å². The highest BCUT2D eigenvalue weighted by atomic mass is 32.2. The maximum Gasteiger partial charge on any atom is 0.246 e. The summed E-state index contributed by atoms with van der Waals surface area (Å²) in [4.78, 5) is 16.2. The summed E-state index contributed by atoms with van der Waals surface area (Å²) in [6, 6.07) is 1.58. The van der Waals surface area contributed by atoms with Crippen molar-refractivity contribution in [1.82, 2.24) is 24.5 Å². The Morgan fingerprint density at radius 1 is 1.17 bits per heavy atom. The van der Waals surface area contributed by atoms with Gasteiger partial charge in [0.05, 0.1) is 11.3 Å². The van der Waals surface area contributed by atoms with Gasteiger partial charge in [-0.2, -0.15) is 0 Å². The Labute approximate surface area is 139 Å². The van der Waals surface area contributed by atoms with Crippen molar-refractivity contribution in [2.24, 2.45) is 0 Å². The fourth-order valence-corrected chi connectivity index (χ4v) is 3.79. The van der Waals surface area contributed by atoms with Crippen molar-refractivity contribution in [2.45, 2.75) is 32.0 Å². The molecule has 0 spiro atoms. The Morgan fingerprint density at radius 2 is 1.88 bits per heavy atom. The van der Waals surface area contributed by atoms with E-state index in [9.17, 15) is 8.42 Å². The summed E-state index contributed by atoms with van der Waals surface area (Å²) in [5.74, 6) is 1.12. The van der Waals surface area contributed by atoms with Crippen LogP contribution < -0.4 is 5.73 Å². The van der Waals surface area contributed by atoms with Gasteiger partial charge in [0.15, 0.2) is 5.82 Å². The van der Waals surface area contributed by atoms with Gasteiger partial charge in [0.1, 0.15) is 11.3 Å². The summed E-state index contributed by atoms with van der Waals surface area (Å²) in [6.45, 7) is 4.31. The normalized spacial score (nSPS) is 11.9. The zero-order valence-corrected chi connectivity index (χ0v) is 14.3. The second-order valence-electron chi connectivity index (χ2n) is 5.54. The maximum atomic E-state index is 12.3. The lowest BCUT2D eigenvalue weighted by molar-refractivity contribution is 0.577. The number of nitrogens with two attached hydrogens (primary N) is 1. The zero-order chi connectivity index (χ0) is 17.3. The van der Waals surface area contributed by atoms with Crippen LogP contribution in [-0.2, 0) is 16.4 Å². The molecule has 0 fully saturated rings. The third-order valence-electron chi connectivity index (χ3n) is 3.79. The SMILES string of the molecule is Cc1cnc(N)c2nc(C)n(CCCS(=O)(=O)c3ncccn3)c12. The van der Waals surface area contributed by atoms with Gasteiger partial charge >= 0.3 is 0 Å². The van der Waals surface area contributed by atoms with Crippen molar-refractivity contribution in [3.05, 3.63) is 36.0 Å². The maximum absolute atomic E-state index is 12.3. The van der Waals surface area contributed by atoms with Crippen molar-refractivity contribution in [2.75, 3.05) is 11.5 Å². The Kier molecular flexibility index (Phi) is 4.18. The number of nitrogens with zero attached hydrogens (tertiary/aromatic N) is 5. The molecule has 3 heterocycles. The number of hydrogen-bond acceptors (Lipinski definition) is 7. The third kappa shape index (κ3) is 2.94. The number of pyridine rings is 1. The lowest BCUT2D eigenvalue weighted by Crippen LogP contribution is -2.13. The quantitative estimate of drug-likeness (QED) is 0.692. The molecule has 3 aromatic rings. The van der Waals surface area contributed by atoms with E-state index in [-0.39, 0.29) is 10.9 Å². The molecular weight excluding hydrogens is 328 g/mol. The van der Waals surface area contributed by atoms with Crippen LogP contribution in [0.5, 0.6) is 0 Å². The fraction of sp³-hybridized carbons (Fsp3) is 0.333. The first kappa shape index (κ1) is 16.3. The van der Waals surface area contributed by atoms with Crippen LogP contribution in [0.15, 0.2) is 29.8 Å². The van der Waals surface area contributed by atoms with Crippen molar-refractivity contribution in [3.8, 4) is 0 Å². The van der Waals surface area contributed by atoms with E-state index >= 15 is 0 Å². The molecule has 0 bridgehead atoms. The van der Waals surface area contributed by atoms with Crippen LogP contribution in [0.3, 0.4) is 0 Å². The van der Waals surface area contributed by atoms with Gasteiger partial charge in [-0.05, 0) is 31.9 Å². The molecule has 126 valence electrons. The number of aryl methyl sites for hydroxylation is 3. The summed E-state index contributed by atoms with van der Waals surface area (Å²) in [7, 11) is -3.49. The Morgan fingerprint density at radius 3 is 2.58 bits per heavy atom. The van der Waals surface area contributed by atoms with Crippen molar-refractivity contribution >= 4 is 26.7 Å². The molecule has 0 unspecified atom stereocenters. The monoisotopic (exact) mass is 346 g/mol. The number of anilines is 1. The molecule has 24 heavy (non-hydrogen) atoms. The van der Waals surface area contributed by atoms with Crippen LogP contribution in [0, 0.1) is 13.8 Å². The average molecular weight is 346 g/mol. The van der Waals surface area contributed by atoms with Gasteiger partial charge in [0.25, 0.3) is 0 Å². The van der Waals surface area contributed by atoms with Gasteiger partial charge < -0.3 is 10.3 Å². The number of sulfone groups is 1. The van der Waals surface area contributed by atoms with Gasteiger partial charge in [-0.15, -0.1) is 0 Å². The second-order valence-corrected chi connectivity index (χ2v) is 7.54. The molecule has 0 atom stereocenters. The molecule has 9 heteroatoms. The minimum absolute atomic E-state index is 0.0320. The summed E-state index contributed by atoms with van der Waals surface area (Å²) >= 11 is 0. The lowest BCUT2D eigenvalue weighted by Gasteiger charge is -2.09.